The van der Waals surface area contributed by atoms with Crippen molar-refractivity contribution in [3.05, 3.63) is 23.8 Å². The molecular formula is C11H14N2O. The summed E-state index contributed by atoms with van der Waals surface area (Å²) in [4.78, 5) is 11.4. The van der Waals surface area contributed by atoms with Crippen LogP contribution in [-0.2, 0) is 10.2 Å². The lowest BCUT2D eigenvalue weighted by Crippen LogP contribution is -2.32. The summed E-state index contributed by atoms with van der Waals surface area (Å²) in [6.07, 6.45) is 0.517. The van der Waals surface area contributed by atoms with E-state index >= 15 is 0 Å². The number of carbonyl (C=O) groups is 1. The average Bonchev–Trinajstić information content (AvgIpc) is 2.05. The van der Waals surface area contributed by atoms with E-state index in [-0.39, 0.29) is 11.3 Å². The first-order chi connectivity index (χ1) is 6.50. The number of hydrogen-bond donors (Lipinski definition) is 2. The van der Waals surface area contributed by atoms with Crippen molar-refractivity contribution >= 4 is 17.3 Å². The molecule has 0 fully saturated rings. The van der Waals surface area contributed by atoms with Crippen molar-refractivity contribution in [3.8, 4) is 0 Å². The lowest BCUT2D eigenvalue weighted by molar-refractivity contribution is -0.117. The molecule has 0 saturated heterocycles. The SMILES string of the molecule is CC1(C)CC(=O)Nc2c(N)cccc21. The maximum absolute atomic E-state index is 11.4. The van der Waals surface area contributed by atoms with Crippen LogP contribution in [0.1, 0.15) is 25.8 Å². The second-order valence-electron chi connectivity index (χ2n) is 4.38. The Balaban J connectivity index is 2.63. The van der Waals surface area contributed by atoms with Gasteiger partial charge in [-0.25, -0.2) is 0 Å². The van der Waals surface area contributed by atoms with Gasteiger partial charge in [0.1, 0.15) is 0 Å². The standard InChI is InChI=1S/C11H14N2O/c1-11(2)6-9(14)13-10-7(11)4-3-5-8(10)12/h3-5H,6,12H2,1-2H3,(H,13,14). The summed E-state index contributed by atoms with van der Waals surface area (Å²) >= 11 is 0. The van der Waals surface area contributed by atoms with Crippen molar-refractivity contribution in [2.45, 2.75) is 25.7 Å². The van der Waals surface area contributed by atoms with Crippen LogP contribution in [-0.4, -0.2) is 5.91 Å². The molecule has 1 aromatic carbocycles. The number of amides is 1. The van der Waals surface area contributed by atoms with E-state index < -0.39 is 0 Å². The van der Waals surface area contributed by atoms with Crippen molar-refractivity contribution in [3.63, 3.8) is 0 Å². The number of anilines is 2. The zero-order valence-electron chi connectivity index (χ0n) is 8.42. The monoisotopic (exact) mass is 190 g/mol. The highest BCUT2D eigenvalue weighted by Crippen LogP contribution is 2.39. The van der Waals surface area contributed by atoms with E-state index in [0.717, 1.165) is 11.3 Å². The largest absolute Gasteiger partial charge is 0.397 e. The molecule has 0 spiro atoms. The Kier molecular flexibility index (Phi) is 1.77. The first kappa shape index (κ1) is 9.06. The van der Waals surface area contributed by atoms with Crippen LogP contribution < -0.4 is 11.1 Å². The van der Waals surface area contributed by atoms with Crippen LogP contribution in [0.15, 0.2) is 18.2 Å². The maximum atomic E-state index is 11.4. The van der Waals surface area contributed by atoms with Gasteiger partial charge in [-0.2, -0.15) is 0 Å². The molecule has 0 saturated carbocycles. The normalized spacial score (nSPS) is 18.6. The third kappa shape index (κ3) is 1.25. The minimum absolute atomic E-state index is 0.0420. The van der Waals surface area contributed by atoms with Crippen LogP contribution in [0, 0.1) is 0 Å². The fourth-order valence-corrected chi connectivity index (χ4v) is 1.95. The van der Waals surface area contributed by atoms with Crippen molar-refractivity contribution in [1.29, 1.82) is 0 Å². The number of nitrogen functional groups attached to an aromatic ring is 1. The minimum atomic E-state index is -0.118. The summed E-state index contributed by atoms with van der Waals surface area (Å²) in [5.41, 5.74) is 8.24. The second-order valence-corrected chi connectivity index (χ2v) is 4.38. The molecule has 0 aromatic heterocycles. The fraction of sp³-hybridized carbons (Fsp3) is 0.364. The zero-order chi connectivity index (χ0) is 10.3. The van der Waals surface area contributed by atoms with Crippen molar-refractivity contribution in [1.82, 2.24) is 0 Å². The molecule has 14 heavy (non-hydrogen) atoms. The Labute approximate surface area is 83.3 Å². The average molecular weight is 190 g/mol. The summed E-state index contributed by atoms with van der Waals surface area (Å²) < 4.78 is 0. The number of nitrogens with one attached hydrogen (secondary N) is 1. The van der Waals surface area contributed by atoms with Gasteiger partial charge >= 0.3 is 0 Å². The van der Waals surface area contributed by atoms with Gasteiger partial charge in [0.05, 0.1) is 11.4 Å². The Bertz CT molecular complexity index is 396. The molecule has 0 bridgehead atoms. The van der Waals surface area contributed by atoms with Gasteiger partial charge in [-0.05, 0) is 11.6 Å². The summed E-state index contributed by atoms with van der Waals surface area (Å²) in [6.45, 7) is 4.12. The molecule has 1 heterocycles. The molecule has 3 nitrogen and oxygen atoms in total. The Morgan fingerprint density at radius 2 is 2.14 bits per heavy atom. The zero-order valence-corrected chi connectivity index (χ0v) is 8.42. The van der Waals surface area contributed by atoms with E-state index in [0.29, 0.717) is 12.1 Å². The lowest BCUT2D eigenvalue weighted by Gasteiger charge is -2.32. The van der Waals surface area contributed by atoms with Gasteiger partial charge in [-0.15, -0.1) is 0 Å². The van der Waals surface area contributed by atoms with E-state index in [1.807, 2.05) is 12.1 Å². The molecule has 1 amide bonds. The van der Waals surface area contributed by atoms with Crippen LogP contribution in [0.5, 0.6) is 0 Å². The highest BCUT2D eigenvalue weighted by atomic mass is 16.1. The molecule has 1 aliphatic heterocycles. The third-order valence-electron chi connectivity index (χ3n) is 2.69. The summed E-state index contributed by atoms with van der Waals surface area (Å²) in [5, 5.41) is 2.82. The smallest absolute Gasteiger partial charge is 0.225 e. The van der Waals surface area contributed by atoms with Gasteiger partial charge in [0, 0.05) is 11.8 Å². The summed E-state index contributed by atoms with van der Waals surface area (Å²) in [7, 11) is 0. The molecule has 0 unspecified atom stereocenters. The first-order valence-electron chi connectivity index (χ1n) is 4.69. The number of rotatable bonds is 0. The molecule has 3 heteroatoms. The molecule has 0 aliphatic carbocycles. The van der Waals surface area contributed by atoms with Gasteiger partial charge in [0.2, 0.25) is 5.91 Å². The molecule has 3 N–H and O–H groups in total. The molecule has 0 radical (unpaired) electrons. The van der Waals surface area contributed by atoms with E-state index in [4.69, 9.17) is 5.73 Å². The van der Waals surface area contributed by atoms with E-state index in [1.165, 1.54) is 0 Å². The second kappa shape index (κ2) is 2.74. The molecule has 2 rings (SSSR count). The van der Waals surface area contributed by atoms with Crippen molar-refractivity contribution in [2.24, 2.45) is 0 Å². The van der Waals surface area contributed by atoms with E-state index in [1.54, 1.807) is 6.07 Å². The molecular weight excluding hydrogens is 176 g/mol. The molecule has 0 atom stereocenters. The first-order valence-corrected chi connectivity index (χ1v) is 4.69. The topological polar surface area (TPSA) is 55.1 Å². The summed E-state index contributed by atoms with van der Waals surface area (Å²) in [6, 6.07) is 5.75. The highest BCUT2D eigenvalue weighted by Gasteiger charge is 2.32. The number of para-hydroxylation sites is 1. The van der Waals surface area contributed by atoms with Gasteiger partial charge in [-0.1, -0.05) is 26.0 Å². The van der Waals surface area contributed by atoms with Gasteiger partial charge in [0.15, 0.2) is 0 Å². The van der Waals surface area contributed by atoms with Gasteiger partial charge in [0.25, 0.3) is 0 Å². The van der Waals surface area contributed by atoms with Gasteiger partial charge in [-0.3, -0.25) is 4.79 Å². The third-order valence-corrected chi connectivity index (χ3v) is 2.69. The lowest BCUT2D eigenvalue weighted by atomic mass is 9.78. The quantitative estimate of drug-likeness (QED) is 0.614. The molecule has 1 aromatic rings. The molecule has 1 aliphatic rings. The van der Waals surface area contributed by atoms with Crippen LogP contribution in [0.25, 0.3) is 0 Å². The van der Waals surface area contributed by atoms with Crippen molar-refractivity contribution < 1.29 is 4.79 Å². The van der Waals surface area contributed by atoms with Gasteiger partial charge < -0.3 is 11.1 Å². The Hall–Kier alpha value is -1.51. The van der Waals surface area contributed by atoms with Crippen LogP contribution in [0.4, 0.5) is 11.4 Å². The van der Waals surface area contributed by atoms with Crippen LogP contribution >= 0.6 is 0 Å². The number of carbonyl (C=O) groups excluding carboxylic acids is 1. The van der Waals surface area contributed by atoms with Crippen LogP contribution in [0.2, 0.25) is 0 Å². The van der Waals surface area contributed by atoms with E-state index in [9.17, 15) is 4.79 Å². The highest BCUT2D eigenvalue weighted by molar-refractivity contribution is 5.98. The number of fused-ring (bicyclic) bond motifs is 1. The predicted octanol–water partition coefficient (Wildman–Crippen LogP) is 1.89. The van der Waals surface area contributed by atoms with Crippen LogP contribution in [0.3, 0.4) is 0 Å². The predicted molar refractivity (Wildman–Crippen MR) is 57.1 cm³/mol. The summed E-state index contributed by atoms with van der Waals surface area (Å²) in [5.74, 6) is 0.0420. The number of benzene rings is 1. The minimum Gasteiger partial charge on any atom is -0.397 e. The van der Waals surface area contributed by atoms with Crippen molar-refractivity contribution in [2.75, 3.05) is 11.1 Å². The molecule has 74 valence electrons. The Morgan fingerprint density at radius 3 is 2.86 bits per heavy atom. The number of hydrogen-bond acceptors (Lipinski definition) is 2. The Morgan fingerprint density at radius 1 is 1.43 bits per heavy atom. The number of nitrogens with two attached hydrogens (primary N) is 1. The van der Waals surface area contributed by atoms with E-state index in [2.05, 4.69) is 19.2 Å². The maximum Gasteiger partial charge on any atom is 0.225 e. The fourth-order valence-electron chi connectivity index (χ4n) is 1.95.